The molecule has 0 N–H and O–H groups in total. The molecule has 104 heavy (non-hydrogen) atoms. The molecule has 524 valence electrons. The van der Waals surface area contributed by atoms with Gasteiger partial charge in [-0.2, -0.15) is 0 Å². The van der Waals surface area contributed by atoms with Crippen molar-refractivity contribution in [2.45, 2.75) is 220 Å². The van der Waals surface area contributed by atoms with Crippen molar-refractivity contribution >= 4 is 74.3 Å². The Kier molecular flexibility index (Phi) is 14.2. The third-order valence-corrected chi connectivity index (χ3v) is 27.2. The zero-order chi connectivity index (χ0) is 73.8. The van der Waals surface area contributed by atoms with Crippen LogP contribution in [0.4, 0.5) is 51.2 Å². The van der Waals surface area contributed by atoms with Crippen LogP contribution in [0.5, 0.6) is 0 Å². The SMILES string of the molecule is Cc1cc2c(cc1N1c3cc4c(cc3B3c5cc6c(cc5N(c5cc7c(cc5C)C(C)(C)c5ccccc5C7(C)C)c5cc(N(c7ccc(C(C)(C)C)cc7)c7ccc(C(C)(C)C)cc7)cc1c53)C(C)(C)c1ccccc1C6(C)C)C(C)(C)c1ccccc1C4(C)C)C(C)(C)c1ccccc1C2(C)C. The molecule has 6 aliphatic rings. The van der Waals surface area contributed by atoms with Crippen molar-refractivity contribution in [2.24, 2.45) is 0 Å². The van der Waals surface area contributed by atoms with Gasteiger partial charge in [0, 0.05) is 88.8 Å². The summed E-state index contributed by atoms with van der Waals surface area (Å²) in [6.45, 7) is 58.3. The number of hydrogen-bond donors (Lipinski definition) is 0. The number of benzene rings is 11. The molecule has 3 nitrogen and oxygen atoms in total. The molecule has 11 aromatic carbocycles. The lowest BCUT2D eigenvalue weighted by atomic mass is 9.32. The minimum absolute atomic E-state index is 0.0439. The maximum absolute atomic E-state index is 2.80. The summed E-state index contributed by atoms with van der Waals surface area (Å²) in [5.74, 6) is 0. The minimum atomic E-state index is -0.332. The maximum atomic E-state index is 2.80. The summed E-state index contributed by atoms with van der Waals surface area (Å²) in [5.41, 5.74) is 39.6. The van der Waals surface area contributed by atoms with E-state index in [9.17, 15) is 0 Å². The Morgan fingerprint density at radius 3 is 0.731 bits per heavy atom. The van der Waals surface area contributed by atoms with Gasteiger partial charge in [0.2, 0.25) is 0 Å². The second-order valence-electron chi connectivity index (χ2n) is 38.4. The zero-order valence-electron chi connectivity index (χ0n) is 66.5. The minimum Gasteiger partial charge on any atom is -0.311 e. The van der Waals surface area contributed by atoms with Crippen molar-refractivity contribution in [3.05, 3.63) is 318 Å². The predicted octanol–water partition coefficient (Wildman–Crippen LogP) is 24.3. The third-order valence-electron chi connectivity index (χ3n) is 27.2. The smallest absolute Gasteiger partial charge is 0.252 e. The molecular formula is C100H106BN3. The second kappa shape index (κ2) is 21.8. The van der Waals surface area contributed by atoms with Gasteiger partial charge in [-0.3, -0.25) is 0 Å². The summed E-state index contributed by atoms with van der Waals surface area (Å²) in [6.07, 6.45) is 0. The number of aryl methyl sites for hydroxylation is 2. The summed E-state index contributed by atoms with van der Waals surface area (Å²) < 4.78 is 0. The molecule has 0 saturated carbocycles. The summed E-state index contributed by atoms with van der Waals surface area (Å²) >= 11 is 0. The summed E-state index contributed by atoms with van der Waals surface area (Å²) in [6, 6.07) is 83.0. The fourth-order valence-electron chi connectivity index (χ4n) is 20.9. The summed E-state index contributed by atoms with van der Waals surface area (Å²) in [7, 11) is 0. The van der Waals surface area contributed by atoms with Crippen LogP contribution >= 0.6 is 0 Å². The first-order valence-corrected chi connectivity index (χ1v) is 38.6. The molecule has 0 radical (unpaired) electrons. The lowest BCUT2D eigenvalue weighted by molar-refractivity contribution is 0.520. The van der Waals surface area contributed by atoms with Crippen LogP contribution in [-0.2, 0) is 54.1 Å². The molecule has 0 bridgehead atoms. The molecular weight excluding hydrogens is 1250 g/mol. The van der Waals surface area contributed by atoms with E-state index in [0.717, 1.165) is 17.1 Å². The molecule has 17 rings (SSSR count). The van der Waals surface area contributed by atoms with Crippen molar-refractivity contribution < 1.29 is 0 Å². The maximum Gasteiger partial charge on any atom is 0.252 e. The van der Waals surface area contributed by atoms with Crippen LogP contribution in [0.3, 0.4) is 0 Å². The Hall–Kier alpha value is -9.12. The number of fused-ring (bicyclic) bond motifs is 12. The van der Waals surface area contributed by atoms with Gasteiger partial charge in [0.15, 0.2) is 0 Å². The van der Waals surface area contributed by atoms with E-state index >= 15 is 0 Å². The van der Waals surface area contributed by atoms with Crippen molar-refractivity contribution in [1.82, 2.24) is 0 Å². The van der Waals surface area contributed by atoms with Gasteiger partial charge in [-0.25, -0.2) is 0 Å². The van der Waals surface area contributed by atoms with Gasteiger partial charge in [-0.05, 0) is 213 Å². The standard InChI is InChI=1S/C100H106BN3/c1-59-49-74-78(97(17,18)70-37-29-25-33-66(70)93(74,9)10)55-84(59)103-86-57-80-76(95(13,14)68-35-27-31-39-72(68)99(80,21)22)53-82(86)101-83-54-77-81(100(23,24)73-40-32-28-36-69(73)96(77,15)16)58-87(83)104(85-56-79-75(50-60(85)2)94(11,12)67-34-26-30-38-71(67)98(79,19)20)89-52-65(51-88(103)90(89)101)102(63-45-41-61(42-46-63)91(3,4)5)64-47-43-62(44-48-64)92(6,7)8/h25-58H,1-24H3. The Morgan fingerprint density at radius 2 is 0.481 bits per heavy atom. The molecule has 0 atom stereocenters. The molecule has 0 saturated heterocycles. The van der Waals surface area contributed by atoms with E-state index in [4.69, 9.17) is 0 Å². The Morgan fingerprint density at radius 1 is 0.250 bits per heavy atom. The monoisotopic (exact) mass is 1360 g/mol. The van der Waals surface area contributed by atoms with E-state index in [0.29, 0.717) is 0 Å². The molecule has 0 spiro atoms. The molecule has 2 heterocycles. The average Bonchev–Trinajstić information content (AvgIpc) is 0.672. The molecule has 0 fully saturated rings. The molecule has 0 amide bonds. The van der Waals surface area contributed by atoms with Gasteiger partial charge in [-0.15, -0.1) is 0 Å². The van der Waals surface area contributed by atoms with Crippen molar-refractivity contribution in [3.63, 3.8) is 0 Å². The molecule has 0 unspecified atom stereocenters. The van der Waals surface area contributed by atoms with Gasteiger partial charge >= 0.3 is 0 Å². The number of nitrogens with zero attached hydrogens (tertiary/aromatic N) is 3. The van der Waals surface area contributed by atoms with Gasteiger partial charge in [-0.1, -0.05) is 298 Å². The van der Waals surface area contributed by atoms with Crippen molar-refractivity contribution in [1.29, 1.82) is 0 Å². The van der Waals surface area contributed by atoms with Crippen LogP contribution in [0.15, 0.2) is 206 Å². The Balaban J connectivity index is 1.06. The van der Waals surface area contributed by atoms with Crippen LogP contribution in [0, 0.1) is 13.8 Å². The van der Waals surface area contributed by atoms with E-state index in [1.54, 1.807) is 0 Å². The largest absolute Gasteiger partial charge is 0.311 e. The summed E-state index contributed by atoms with van der Waals surface area (Å²) in [5, 5.41) is 0. The molecule has 4 aliphatic carbocycles. The van der Waals surface area contributed by atoms with Crippen LogP contribution in [0.2, 0.25) is 0 Å². The normalized spacial score (nSPS) is 18.4. The van der Waals surface area contributed by atoms with Gasteiger partial charge in [0.25, 0.3) is 6.71 Å². The fourth-order valence-corrected chi connectivity index (χ4v) is 20.9. The lowest BCUT2D eigenvalue weighted by Crippen LogP contribution is -2.62. The van der Waals surface area contributed by atoms with E-state index < -0.39 is 0 Å². The lowest BCUT2D eigenvalue weighted by Gasteiger charge is -2.50. The highest BCUT2D eigenvalue weighted by atomic mass is 15.2. The highest BCUT2D eigenvalue weighted by Gasteiger charge is 2.53. The third kappa shape index (κ3) is 9.27. The number of rotatable bonds is 5. The molecule has 11 aromatic rings. The van der Waals surface area contributed by atoms with Crippen molar-refractivity contribution in [3.8, 4) is 0 Å². The van der Waals surface area contributed by atoms with Gasteiger partial charge in [0.05, 0.1) is 5.69 Å². The van der Waals surface area contributed by atoms with Crippen LogP contribution < -0.4 is 31.1 Å². The van der Waals surface area contributed by atoms with Crippen LogP contribution in [-0.4, -0.2) is 6.71 Å². The highest BCUT2D eigenvalue weighted by molar-refractivity contribution is 7.00. The first kappa shape index (κ1) is 68.0. The Bertz CT molecular complexity index is 5160. The first-order chi connectivity index (χ1) is 48.7. The number of hydrogen-bond acceptors (Lipinski definition) is 3. The summed E-state index contributed by atoms with van der Waals surface area (Å²) in [4.78, 5) is 8.18. The van der Waals surface area contributed by atoms with Crippen molar-refractivity contribution in [2.75, 3.05) is 14.7 Å². The van der Waals surface area contributed by atoms with Crippen LogP contribution in [0.1, 0.15) is 264 Å². The van der Waals surface area contributed by atoms with E-state index in [-0.39, 0.29) is 60.9 Å². The topological polar surface area (TPSA) is 9.72 Å². The average molecular weight is 1360 g/mol. The Labute approximate surface area is 622 Å². The molecule has 0 aromatic heterocycles. The van der Waals surface area contributed by atoms with E-state index in [1.165, 1.54) is 162 Å². The van der Waals surface area contributed by atoms with Gasteiger partial charge < -0.3 is 14.7 Å². The second-order valence-corrected chi connectivity index (χ2v) is 38.4. The van der Waals surface area contributed by atoms with E-state index in [1.807, 2.05) is 0 Å². The molecule has 4 heteroatoms. The predicted molar refractivity (Wildman–Crippen MR) is 445 cm³/mol. The van der Waals surface area contributed by atoms with E-state index in [2.05, 4.69) is 387 Å². The van der Waals surface area contributed by atoms with Crippen LogP contribution in [0.25, 0.3) is 0 Å². The fraction of sp³-hybridized carbons (Fsp3) is 0.340. The van der Waals surface area contributed by atoms with Gasteiger partial charge in [0.1, 0.15) is 0 Å². The molecule has 2 aliphatic heterocycles. The zero-order valence-corrected chi connectivity index (χ0v) is 66.5. The quantitative estimate of drug-likeness (QED) is 0.159. The highest BCUT2D eigenvalue weighted by Crippen LogP contribution is 2.60. The number of anilines is 9. The first-order valence-electron chi connectivity index (χ1n) is 38.6.